The molecule has 1 aromatic carbocycles. The molecule has 1 aromatic heterocycles. The average molecular weight is 378 g/mol. The standard InChI is InChI=1S/C18H17F3N4O2/c1-12-10-23-15(11-22-12)17(27)25-7-5-24(6-8-25)16(26)13-3-2-4-14(9-13)18(19,20)21/h2-4,9-11H,5-8H2,1H3. The van der Waals surface area contributed by atoms with Crippen LogP contribution in [0.25, 0.3) is 0 Å². The number of piperazine rings is 1. The third kappa shape index (κ3) is 4.24. The predicted octanol–water partition coefficient (Wildman–Crippen LogP) is 2.40. The number of carbonyl (C=O) groups is 2. The predicted molar refractivity (Wildman–Crippen MR) is 90.0 cm³/mol. The molecule has 142 valence electrons. The summed E-state index contributed by atoms with van der Waals surface area (Å²) < 4.78 is 38.5. The highest BCUT2D eigenvalue weighted by Crippen LogP contribution is 2.29. The Kier molecular flexibility index (Phi) is 5.11. The molecular weight excluding hydrogens is 361 g/mol. The molecule has 0 radical (unpaired) electrons. The molecule has 0 aliphatic carbocycles. The fraction of sp³-hybridized carbons (Fsp3) is 0.333. The lowest BCUT2D eigenvalue weighted by Crippen LogP contribution is -2.50. The molecule has 27 heavy (non-hydrogen) atoms. The number of carbonyl (C=O) groups excluding carboxylic acids is 2. The fourth-order valence-electron chi connectivity index (χ4n) is 2.79. The van der Waals surface area contributed by atoms with Gasteiger partial charge in [0.05, 0.1) is 17.5 Å². The van der Waals surface area contributed by atoms with Gasteiger partial charge in [-0.25, -0.2) is 4.98 Å². The maximum Gasteiger partial charge on any atom is 0.416 e. The third-order valence-electron chi connectivity index (χ3n) is 4.29. The quantitative estimate of drug-likeness (QED) is 0.805. The van der Waals surface area contributed by atoms with Crippen LogP contribution >= 0.6 is 0 Å². The van der Waals surface area contributed by atoms with E-state index in [1.54, 1.807) is 11.8 Å². The number of aromatic nitrogens is 2. The molecule has 0 unspecified atom stereocenters. The molecule has 2 aromatic rings. The molecule has 2 amide bonds. The minimum absolute atomic E-state index is 0.0194. The van der Waals surface area contributed by atoms with Gasteiger partial charge in [-0.05, 0) is 25.1 Å². The molecular formula is C18H17F3N4O2. The molecule has 9 heteroatoms. The first-order valence-electron chi connectivity index (χ1n) is 8.30. The molecule has 3 rings (SSSR count). The van der Waals surface area contributed by atoms with E-state index in [2.05, 4.69) is 9.97 Å². The molecule has 0 spiro atoms. The first-order valence-corrected chi connectivity index (χ1v) is 8.30. The van der Waals surface area contributed by atoms with Gasteiger partial charge in [-0.2, -0.15) is 13.2 Å². The summed E-state index contributed by atoms with van der Waals surface area (Å²) in [5.41, 5.74) is 0.0374. The molecule has 1 fully saturated rings. The molecule has 0 saturated carbocycles. The Morgan fingerprint density at radius 2 is 1.59 bits per heavy atom. The smallest absolute Gasteiger partial charge is 0.335 e. The minimum atomic E-state index is -4.50. The van der Waals surface area contributed by atoms with Crippen LogP contribution in [-0.2, 0) is 6.18 Å². The van der Waals surface area contributed by atoms with E-state index in [1.165, 1.54) is 29.4 Å². The van der Waals surface area contributed by atoms with Crippen LogP contribution in [-0.4, -0.2) is 57.8 Å². The third-order valence-corrected chi connectivity index (χ3v) is 4.29. The molecule has 0 atom stereocenters. The van der Waals surface area contributed by atoms with E-state index >= 15 is 0 Å². The Morgan fingerprint density at radius 1 is 0.963 bits per heavy atom. The van der Waals surface area contributed by atoms with Gasteiger partial charge in [-0.3, -0.25) is 14.6 Å². The zero-order valence-electron chi connectivity index (χ0n) is 14.5. The zero-order chi connectivity index (χ0) is 19.6. The highest BCUT2D eigenvalue weighted by molar-refractivity contribution is 5.95. The number of hydrogen-bond donors (Lipinski definition) is 0. The van der Waals surface area contributed by atoms with Gasteiger partial charge in [-0.15, -0.1) is 0 Å². The van der Waals surface area contributed by atoms with Crippen LogP contribution in [0, 0.1) is 6.92 Å². The van der Waals surface area contributed by atoms with Crippen LogP contribution in [0.15, 0.2) is 36.7 Å². The molecule has 1 aliphatic rings. The molecule has 6 nitrogen and oxygen atoms in total. The Balaban J connectivity index is 1.64. The fourth-order valence-corrected chi connectivity index (χ4v) is 2.79. The van der Waals surface area contributed by atoms with Gasteiger partial charge in [0.2, 0.25) is 0 Å². The van der Waals surface area contributed by atoms with Crippen LogP contribution in [0.2, 0.25) is 0 Å². The van der Waals surface area contributed by atoms with E-state index in [0.29, 0.717) is 5.69 Å². The van der Waals surface area contributed by atoms with Crippen molar-refractivity contribution in [3.63, 3.8) is 0 Å². The monoisotopic (exact) mass is 378 g/mol. The van der Waals surface area contributed by atoms with Crippen LogP contribution in [0.5, 0.6) is 0 Å². The van der Waals surface area contributed by atoms with Gasteiger partial charge < -0.3 is 9.80 Å². The number of benzene rings is 1. The van der Waals surface area contributed by atoms with Gasteiger partial charge in [0.25, 0.3) is 11.8 Å². The number of halogens is 3. The molecule has 0 N–H and O–H groups in total. The van der Waals surface area contributed by atoms with Gasteiger partial charge in [0.1, 0.15) is 5.69 Å². The van der Waals surface area contributed by atoms with Gasteiger partial charge >= 0.3 is 6.18 Å². The van der Waals surface area contributed by atoms with E-state index < -0.39 is 17.6 Å². The number of nitrogens with zero attached hydrogens (tertiary/aromatic N) is 4. The normalized spacial score (nSPS) is 15.0. The number of amides is 2. The van der Waals surface area contributed by atoms with Crippen molar-refractivity contribution in [1.29, 1.82) is 0 Å². The van der Waals surface area contributed by atoms with Crippen molar-refractivity contribution < 1.29 is 22.8 Å². The summed E-state index contributed by atoms with van der Waals surface area (Å²) in [5, 5.41) is 0. The summed E-state index contributed by atoms with van der Waals surface area (Å²) in [6, 6.07) is 4.35. The van der Waals surface area contributed by atoms with Crippen LogP contribution in [0.4, 0.5) is 13.2 Å². The van der Waals surface area contributed by atoms with Crippen LogP contribution in [0.3, 0.4) is 0 Å². The van der Waals surface area contributed by atoms with Crippen molar-refractivity contribution in [2.45, 2.75) is 13.1 Å². The van der Waals surface area contributed by atoms with Crippen molar-refractivity contribution >= 4 is 11.8 Å². The Labute approximate surface area is 153 Å². The second-order valence-corrected chi connectivity index (χ2v) is 6.21. The lowest BCUT2D eigenvalue weighted by Gasteiger charge is -2.34. The number of aryl methyl sites for hydroxylation is 1. The Bertz CT molecular complexity index is 844. The van der Waals surface area contributed by atoms with Gasteiger partial charge in [0.15, 0.2) is 0 Å². The molecule has 0 bridgehead atoms. The lowest BCUT2D eigenvalue weighted by molar-refractivity contribution is -0.137. The van der Waals surface area contributed by atoms with E-state index in [0.717, 1.165) is 12.1 Å². The average Bonchev–Trinajstić information content (AvgIpc) is 2.67. The van der Waals surface area contributed by atoms with Crippen molar-refractivity contribution in [3.05, 3.63) is 59.2 Å². The summed E-state index contributed by atoms with van der Waals surface area (Å²) >= 11 is 0. The topological polar surface area (TPSA) is 66.4 Å². The van der Waals surface area contributed by atoms with E-state index in [-0.39, 0.29) is 43.3 Å². The first kappa shape index (κ1) is 18.8. The van der Waals surface area contributed by atoms with Crippen molar-refractivity contribution in [2.75, 3.05) is 26.2 Å². The highest BCUT2D eigenvalue weighted by atomic mass is 19.4. The lowest BCUT2D eigenvalue weighted by atomic mass is 10.1. The maximum absolute atomic E-state index is 12.8. The van der Waals surface area contributed by atoms with Crippen molar-refractivity contribution in [3.8, 4) is 0 Å². The van der Waals surface area contributed by atoms with Crippen molar-refractivity contribution in [1.82, 2.24) is 19.8 Å². The number of hydrogen-bond acceptors (Lipinski definition) is 4. The zero-order valence-corrected chi connectivity index (χ0v) is 14.5. The highest BCUT2D eigenvalue weighted by Gasteiger charge is 2.32. The van der Waals surface area contributed by atoms with Crippen LogP contribution in [0.1, 0.15) is 32.1 Å². The van der Waals surface area contributed by atoms with E-state index in [1.807, 2.05) is 0 Å². The summed E-state index contributed by atoms with van der Waals surface area (Å²) in [4.78, 5) is 36.0. The maximum atomic E-state index is 12.8. The first-order chi connectivity index (χ1) is 12.8. The minimum Gasteiger partial charge on any atom is -0.335 e. The molecule has 1 aliphatic heterocycles. The van der Waals surface area contributed by atoms with E-state index in [4.69, 9.17) is 0 Å². The largest absolute Gasteiger partial charge is 0.416 e. The Morgan fingerprint density at radius 3 is 2.15 bits per heavy atom. The second-order valence-electron chi connectivity index (χ2n) is 6.21. The summed E-state index contributed by atoms with van der Waals surface area (Å²) in [6.07, 6.45) is -1.60. The van der Waals surface area contributed by atoms with E-state index in [9.17, 15) is 22.8 Å². The second kappa shape index (κ2) is 7.34. The summed E-state index contributed by atoms with van der Waals surface area (Å²) in [5.74, 6) is -0.767. The molecule has 2 heterocycles. The van der Waals surface area contributed by atoms with Crippen molar-refractivity contribution in [2.24, 2.45) is 0 Å². The summed E-state index contributed by atoms with van der Waals surface area (Å²) in [7, 11) is 0. The summed E-state index contributed by atoms with van der Waals surface area (Å²) in [6.45, 7) is 2.79. The SMILES string of the molecule is Cc1cnc(C(=O)N2CCN(C(=O)c3cccc(C(F)(F)F)c3)CC2)cn1. The number of rotatable bonds is 2. The van der Waals surface area contributed by atoms with Gasteiger partial charge in [-0.1, -0.05) is 6.07 Å². The van der Waals surface area contributed by atoms with Crippen LogP contribution < -0.4 is 0 Å². The number of alkyl halides is 3. The van der Waals surface area contributed by atoms with Gasteiger partial charge in [0, 0.05) is 37.9 Å². The molecule has 1 saturated heterocycles. The Hall–Kier alpha value is -2.97.